The van der Waals surface area contributed by atoms with Crippen LogP contribution in [-0.4, -0.2) is 42.8 Å². The summed E-state index contributed by atoms with van der Waals surface area (Å²) < 4.78 is 10.4. The van der Waals surface area contributed by atoms with Crippen LogP contribution in [0.4, 0.5) is 5.69 Å². The number of methoxy groups -OCH3 is 2. The molecule has 1 unspecified atom stereocenters. The lowest BCUT2D eigenvalue weighted by Gasteiger charge is -2.14. The lowest BCUT2D eigenvalue weighted by atomic mass is 10.2. The smallest absolute Gasteiger partial charge is 0.254 e. The van der Waals surface area contributed by atoms with Crippen molar-refractivity contribution < 1.29 is 19.1 Å². The summed E-state index contributed by atoms with van der Waals surface area (Å²) in [4.78, 5) is 29.0. The number of carbonyl (C=O) groups excluding carboxylic acids is 2. The third-order valence-electron chi connectivity index (χ3n) is 4.03. The van der Waals surface area contributed by atoms with E-state index in [-0.39, 0.29) is 23.6 Å². The molecule has 1 atom stereocenters. The van der Waals surface area contributed by atoms with Crippen LogP contribution >= 0.6 is 11.8 Å². The van der Waals surface area contributed by atoms with Crippen molar-refractivity contribution in [2.75, 3.05) is 25.3 Å². The number of carbonyl (C=O) groups is 2. The molecule has 1 aromatic heterocycles. The van der Waals surface area contributed by atoms with Crippen molar-refractivity contribution in [3.05, 3.63) is 42.1 Å². The number of hydrogen-bond donors (Lipinski definition) is 2. The third-order valence-corrected chi connectivity index (χ3v) is 5.03. The number of nitrogens with zero attached hydrogens (tertiary/aromatic N) is 1. The Morgan fingerprint density at radius 2 is 2.00 bits per heavy atom. The Labute approximate surface area is 169 Å². The number of amides is 2. The van der Waals surface area contributed by atoms with Gasteiger partial charge in [0, 0.05) is 18.3 Å². The molecule has 0 spiro atoms. The van der Waals surface area contributed by atoms with Crippen LogP contribution in [0.2, 0.25) is 0 Å². The summed E-state index contributed by atoms with van der Waals surface area (Å²) in [5.74, 6) is 0.823. The van der Waals surface area contributed by atoms with E-state index in [0.29, 0.717) is 27.8 Å². The molecule has 0 aliphatic heterocycles. The van der Waals surface area contributed by atoms with E-state index < -0.39 is 0 Å². The van der Waals surface area contributed by atoms with Gasteiger partial charge in [-0.05, 0) is 37.6 Å². The normalized spacial score (nSPS) is 11.4. The van der Waals surface area contributed by atoms with Crippen molar-refractivity contribution in [2.24, 2.45) is 0 Å². The van der Waals surface area contributed by atoms with Gasteiger partial charge < -0.3 is 20.1 Å². The van der Waals surface area contributed by atoms with Gasteiger partial charge in [0.1, 0.15) is 16.5 Å². The highest BCUT2D eigenvalue weighted by Crippen LogP contribution is 2.29. The summed E-state index contributed by atoms with van der Waals surface area (Å²) >= 11 is 1.21. The summed E-state index contributed by atoms with van der Waals surface area (Å²) in [7, 11) is 3.08. The topological polar surface area (TPSA) is 89.6 Å². The first-order valence-corrected chi connectivity index (χ1v) is 9.87. The van der Waals surface area contributed by atoms with E-state index in [1.54, 1.807) is 43.6 Å². The Balaban J connectivity index is 2.03. The molecule has 0 radical (unpaired) electrons. The van der Waals surface area contributed by atoms with Gasteiger partial charge in [-0.1, -0.05) is 18.7 Å². The number of rotatable bonds is 9. The average molecular weight is 404 g/mol. The third kappa shape index (κ3) is 5.88. The zero-order valence-corrected chi connectivity index (χ0v) is 17.3. The molecule has 1 heterocycles. The highest BCUT2D eigenvalue weighted by molar-refractivity contribution is 8.00. The van der Waals surface area contributed by atoms with Crippen LogP contribution in [0.15, 0.2) is 41.6 Å². The molecule has 1 aromatic carbocycles. The molecule has 0 fully saturated rings. The summed E-state index contributed by atoms with van der Waals surface area (Å²) in [6.07, 6.45) is 2.44. The first-order valence-electron chi connectivity index (χ1n) is 8.89. The Morgan fingerprint density at radius 1 is 1.21 bits per heavy atom. The van der Waals surface area contributed by atoms with Crippen LogP contribution in [0.5, 0.6) is 11.5 Å². The zero-order valence-electron chi connectivity index (χ0n) is 16.4. The SMILES string of the molecule is CCC(C)NC(=O)c1cccnc1SCC(=O)Nc1ccc(OC)cc1OC. The van der Waals surface area contributed by atoms with Gasteiger partial charge in [-0.2, -0.15) is 0 Å². The van der Waals surface area contributed by atoms with Crippen LogP contribution in [0, 0.1) is 0 Å². The molecule has 0 aliphatic rings. The van der Waals surface area contributed by atoms with Gasteiger partial charge in [0.15, 0.2) is 0 Å². The van der Waals surface area contributed by atoms with Gasteiger partial charge in [-0.3, -0.25) is 9.59 Å². The van der Waals surface area contributed by atoms with Crippen LogP contribution in [0.1, 0.15) is 30.6 Å². The van der Waals surface area contributed by atoms with Crippen molar-refractivity contribution in [1.82, 2.24) is 10.3 Å². The van der Waals surface area contributed by atoms with Gasteiger partial charge in [-0.25, -0.2) is 4.98 Å². The van der Waals surface area contributed by atoms with E-state index in [1.807, 2.05) is 13.8 Å². The highest BCUT2D eigenvalue weighted by Gasteiger charge is 2.16. The van der Waals surface area contributed by atoms with E-state index in [4.69, 9.17) is 9.47 Å². The molecule has 2 aromatic rings. The minimum absolute atomic E-state index is 0.0661. The maximum absolute atomic E-state index is 12.4. The van der Waals surface area contributed by atoms with Crippen molar-refractivity contribution in [2.45, 2.75) is 31.3 Å². The van der Waals surface area contributed by atoms with Crippen molar-refractivity contribution in [3.63, 3.8) is 0 Å². The molecule has 0 saturated heterocycles. The minimum Gasteiger partial charge on any atom is -0.497 e. The van der Waals surface area contributed by atoms with E-state index >= 15 is 0 Å². The number of aromatic nitrogens is 1. The van der Waals surface area contributed by atoms with Crippen LogP contribution in [0.3, 0.4) is 0 Å². The maximum atomic E-state index is 12.4. The van der Waals surface area contributed by atoms with E-state index in [2.05, 4.69) is 15.6 Å². The first kappa shape index (κ1) is 21.6. The molecule has 0 bridgehead atoms. The second-order valence-electron chi connectivity index (χ2n) is 6.04. The molecule has 2 N–H and O–H groups in total. The number of benzene rings is 1. The van der Waals surface area contributed by atoms with Crippen molar-refractivity contribution in [1.29, 1.82) is 0 Å². The summed E-state index contributed by atoms with van der Waals surface area (Å²) in [6.45, 7) is 3.94. The highest BCUT2D eigenvalue weighted by atomic mass is 32.2. The van der Waals surface area contributed by atoms with Crippen molar-refractivity contribution in [3.8, 4) is 11.5 Å². The number of nitrogens with one attached hydrogen (secondary N) is 2. The predicted molar refractivity (Wildman–Crippen MR) is 110 cm³/mol. The monoisotopic (exact) mass is 403 g/mol. The molecule has 0 aliphatic carbocycles. The number of pyridine rings is 1. The van der Waals surface area contributed by atoms with Gasteiger partial charge in [0.05, 0.1) is 31.2 Å². The predicted octanol–water partition coefficient (Wildman–Crippen LogP) is 3.36. The van der Waals surface area contributed by atoms with Gasteiger partial charge in [-0.15, -0.1) is 0 Å². The van der Waals surface area contributed by atoms with E-state index in [0.717, 1.165) is 6.42 Å². The Bertz CT molecular complexity index is 829. The van der Waals surface area contributed by atoms with Gasteiger partial charge in [0.25, 0.3) is 5.91 Å². The van der Waals surface area contributed by atoms with Gasteiger partial charge >= 0.3 is 0 Å². The first-order chi connectivity index (χ1) is 13.5. The molecule has 150 valence electrons. The lowest BCUT2D eigenvalue weighted by Crippen LogP contribution is -2.32. The largest absolute Gasteiger partial charge is 0.497 e. The molecular formula is C20H25N3O4S. The summed E-state index contributed by atoms with van der Waals surface area (Å²) in [5.41, 5.74) is 1.01. The Kier molecular flexibility index (Phi) is 8.13. The molecule has 0 saturated carbocycles. The fraction of sp³-hybridized carbons (Fsp3) is 0.350. The standard InChI is InChI=1S/C20H25N3O4S/c1-5-13(2)22-19(25)15-7-6-10-21-20(15)28-12-18(24)23-16-9-8-14(26-3)11-17(16)27-4/h6-11,13H,5,12H2,1-4H3,(H,22,25)(H,23,24). The Morgan fingerprint density at radius 3 is 2.68 bits per heavy atom. The fourth-order valence-electron chi connectivity index (χ4n) is 2.30. The summed E-state index contributed by atoms with van der Waals surface area (Å²) in [6, 6.07) is 8.62. The number of thioether (sulfide) groups is 1. The number of ether oxygens (including phenoxy) is 2. The number of hydrogen-bond acceptors (Lipinski definition) is 6. The van der Waals surface area contributed by atoms with E-state index in [1.165, 1.54) is 18.9 Å². The number of anilines is 1. The molecule has 2 rings (SSSR count). The van der Waals surface area contributed by atoms with E-state index in [9.17, 15) is 9.59 Å². The summed E-state index contributed by atoms with van der Waals surface area (Å²) in [5, 5.41) is 6.24. The second kappa shape index (κ2) is 10.6. The lowest BCUT2D eigenvalue weighted by molar-refractivity contribution is -0.113. The Hall–Kier alpha value is -2.74. The fourth-order valence-corrected chi connectivity index (χ4v) is 3.10. The second-order valence-corrected chi connectivity index (χ2v) is 7.01. The molecule has 28 heavy (non-hydrogen) atoms. The molecule has 2 amide bonds. The van der Waals surface area contributed by atoms with Crippen LogP contribution < -0.4 is 20.1 Å². The van der Waals surface area contributed by atoms with Crippen LogP contribution in [0.25, 0.3) is 0 Å². The molecular weight excluding hydrogens is 378 g/mol. The maximum Gasteiger partial charge on any atom is 0.254 e. The average Bonchev–Trinajstić information content (AvgIpc) is 2.72. The van der Waals surface area contributed by atoms with Crippen LogP contribution in [-0.2, 0) is 4.79 Å². The zero-order chi connectivity index (χ0) is 20.5. The molecule has 7 nitrogen and oxygen atoms in total. The van der Waals surface area contributed by atoms with Crippen molar-refractivity contribution >= 4 is 29.3 Å². The van der Waals surface area contributed by atoms with Gasteiger partial charge in [0.2, 0.25) is 5.91 Å². The minimum atomic E-state index is -0.229. The molecule has 8 heteroatoms. The quantitative estimate of drug-likeness (QED) is 0.624.